The third-order valence-electron chi connectivity index (χ3n) is 5.35. The van der Waals surface area contributed by atoms with Gasteiger partial charge in [-0.1, -0.05) is 36.4 Å². The average molecular weight is 415 g/mol. The minimum absolute atomic E-state index is 0.0248. The van der Waals surface area contributed by atoms with Crippen LogP contribution in [0.25, 0.3) is 5.78 Å². The number of carbonyl (C=O) groups is 1. The molecule has 0 atom stereocenters. The van der Waals surface area contributed by atoms with Crippen molar-refractivity contribution in [3.8, 4) is 11.5 Å². The first-order chi connectivity index (χ1) is 15.0. The molecule has 4 rings (SSSR count). The Kier molecular flexibility index (Phi) is 5.93. The Morgan fingerprint density at radius 3 is 2.58 bits per heavy atom. The van der Waals surface area contributed by atoms with Gasteiger partial charge in [0.05, 0.1) is 0 Å². The van der Waals surface area contributed by atoms with Gasteiger partial charge >= 0.3 is 0 Å². The minimum atomic E-state index is -0.0248. The predicted octanol–water partition coefficient (Wildman–Crippen LogP) is 4.09. The highest BCUT2D eigenvalue weighted by Crippen LogP contribution is 2.27. The molecule has 0 saturated carbocycles. The predicted molar refractivity (Wildman–Crippen MR) is 118 cm³/mol. The first-order valence-corrected chi connectivity index (χ1v) is 10.3. The number of carbonyl (C=O) groups excluding carboxylic acids is 1. The maximum atomic E-state index is 12.5. The Hall–Kier alpha value is -3.74. The molecule has 7 nitrogen and oxygen atoms in total. The summed E-state index contributed by atoms with van der Waals surface area (Å²) in [4.78, 5) is 21.1. The van der Waals surface area contributed by atoms with Gasteiger partial charge in [-0.05, 0) is 50.5 Å². The molecule has 0 aliphatic rings. The van der Waals surface area contributed by atoms with Gasteiger partial charge in [0, 0.05) is 29.9 Å². The Bertz CT molecular complexity index is 1230. The molecule has 0 spiro atoms. The summed E-state index contributed by atoms with van der Waals surface area (Å²) in [6, 6.07) is 15.6. The highest BCUT2D eigenvalue weighted by molar-refractivity contribution is 5.76. The minimum Gasteiger partial charge on any atom is -0.457 e. The molecule has 4 aromatic rings. The standard InChI is InChI=1S/C24H25N5O2/c1-16-8-4-6-10-21(16)31-22-11-7-5-9-19(22)14-25-23(30)13-12-20-17(2)28-24-26-15-27-29(24)18(20)3/h4-11,15H,12-14H2,1-3H3,(H,25,30). The third-order valence-corrected chi connectivity index (χ3v) is 5.35. The lowest BCUT2D eigenvalue weighted by Gasteiger charge is -2.14. The second kappa shape index (κ2) is 8.95. The maximum Gasteiger partial charge on any atom is 0.252 e. The van der Waals surface area contributed by atoms with Crippen LogP contribution in [0.5, 0.6) is 11.5 Å². The maximum absolute atomic E-state index is 12.5. The average Bonchev–Trinajstić information content (AvgIpc) is 3.23. The smallest absolute Gasteiger partial charge is 0.252 e. The van der Waals surface area contributed by atoms with Gasteiger partial charge in [0.15, 0.2) is 0 Å². The van der Waals surface area contributed by atoms with Gasteiger partial charge in [-0.25, -0.2) is 9.50 Å². The normalized spacial score (nSPS) is 10.9. The largest absolute Gasteiger partial charge is 0.457 e. The number of hydrogen-bond acceptors (Lipinski definition) is 5. The molecule has 1 N–H and O–H groups in total. The van der Waals surface area contributed by atoms with Crippen LogP contribution in [0.4, 0.5) is 0 Å². The van der Waals surface area contributed by atoms with Crippen LogP contribution < -0.4 is 10.1 Å². The molecular formula is C24H25N5O2. The lowest BCUT2D eigenvalue weighted by molar-refractivity contribution is -0.121. The summed E-state index contributed by atoms with van der Waals surface area (Å²) in [5.74, 6) is 2.10. The molecule has 0 saturated heterocycles. The summed E-state index contributed by atoms with van der Waals surface area (Å²) in [5.41, 5.74) is 4.85. The first-order valence-electron chi connectivity index (χ1n) is 10.3. The van der Waals surface area contributed by atoms with Crippen molar-refractivity contribution < 1.29 is 9.53 Å². The van der Waals surface area contributed by atoms with E-state index in [2.05, 4.69) is 20.4 Å². The van der Waals surface area contributed by atoms with E-state index in [1.807, 2.05) is 69.3 Å². The molecule has 0 aliphatic heterocycles. The fraction of sp³-hybridized carbons (Fsp3) is 0.250. The number of benzene rings is 2. The summed E-state index contributed by atoms with van der Waals surface area (Å²) in [5, 5.41) is 7.21. The van der Waals surface area contributed by atoms with Gasteiger partial charge in [-0.15, -0.1) is 0 Å². The van der Waals surface area contributed by atoms with Gasteiger partial charge in [0.1, 0.15) is 17.8 Å². The van der Waals surface area contributed by atoms with E-state index < -0.39 is 0 Å². The molecule has 0 fully saturated rings. The molecule has 0 aliphatic carbocycles. The van der Waals surface area contributed by atoms with Crippen molar-refractivity contribution >= 4 is 11.7 Å². The molecule has 0 bridgehead atoms. The van der Waals surface area contributed by atoms with Crippen LogP contribution in [0.15, 0.2) is 54.9 Å². The summed E-state index contributed by atoms with van der Waals surface area (Å²) < 4.78 is 7.80. The fourth-order valence-corrected chi connectivity index (χ4v) is 3.58. The van der Waals surface area contributed by atoms with E-state index in [-0.39, 0.29) is 5.91 Å². The molecule has 2 aromatic heterocycles. The molecular weight excluding hydrogens is 390 g/mol. The Balaban J connectivity index is 1.39. The first kappa shape index (κ1) is 20.5. The summed E-state index contributed by atoms with van der Waals surface area (Å²) >= 11 is 0. The zero-order chi connectivity index (χ0) is 21.8. The SMILES string of the molecule is Cc1ccccc1Oc1ccccc1CNC(=O)CCc1c(C)nc2ncnn2c1C. The molecule has 0 unspecified atom stereocenters. The molecule has 31 heavy (non-hydrogen) atoms. The number of hydrogen-bond donors (Lipinski definition) is 1. The van der Waals surface area contributed by atoms with Crippen LogP contribution in [0.3, 0.4) is 0 Å². The van der Waals surface area contributed by atoms with Crippen LogP contribution in [-0.2, 0) is 17.8 Å². The Morgan fingerprint density at radius 1 is 1.03 bits per heavy atom. The third kappa shape index (κ3) is 4.55. The molecule has 2 aromatic carbocycles. The molecule has 1 amide bonds. The monoisotopic (exact) mass is 415 g/mol. The quantitative estimate of drug-likeness (QED) is 0.492. The van der Waals surface area contributed by atoms with Crippen molar-refractivity contribution in [2.75, 3.05) is 0 Å². The van der Waals surface area contributed by atoms with Crippen molar-refractivity contribution in [3.63, 3.8) is 0 Å². The number of nitrogens with zero attached hydrogens (tertiary/aromatic N) is 4. The van der Waals surface area contributed by atoms with E-state index >= 15 is 0 Å². The van der Waals surface area contributed by atoms with Gasteiger partial charge in [-0.2, -0.15) is 10.1 Å². The number of rotatable bonds is 7. The van der Waals surface area contributed by atoms with E-state index in [0.29, 0.717) is 25.2 Å². The summed E-state index contributed by atoms with van der Waals surface area (Å²) in [6.45, 7) is 6.32. The number of nitrogens with one attached hydrogen (secondary N) is 1. The Morgan fingerprint density at radius 2 is 1.77 bits per heavy atom. The van der Waals surface area contributed by atoms with E-state index in [4.69, 9.17) is 4.74 Å². The topological polar surface area (TPSA) is 81.4 Å². The van der Waals surface area contributed by atoms with Crippen molar-refractivity contribution in [2.24, 2.45) is 0 Å². The highest BCUT2D eigenvalue weighted by atomic mass is 16.5. The van der Waals surface area contributed by atoms with Gasteiger partial charge in [0.25, 0.3) is 5.78 Å². The number of para-hydroxylation sites is 2. The lowest BCUT2D eigenvalue weighted by atomic mass is 10.1. The second-order valence-electron chi connectivity index (χ2n) is 7.49. The summed E-state index contributed by atoms with van der Waals surface area (Å²) in [6.07, 6.45) is 2.44. The van der Waals surface area contributed by atoms with E-state index in [1.54, 1.807) is 4.52 Å². The molecule has 2 heterocycles. The second-order valence-corrected chi connectivity index (χ2v) is 7.49. The number of ether oxygens (including phenoxy) is 1. The van der Waals surface area contributed by atoms with Gasteiger partial charge < -0.3 is 10.1 Å². The molecule has 7 heteroatoms. The van der Waals surface area contributed by atoms with Crippen molar-refractivity contribution in [1.29, 1.82) is 0 Å². The number of aryl methyl sites for hydroxylation is 3. The van der Waals surface area contributed by atoms with Crippen molar-refractivity contribution in [2.45, 2.75) is 40.2 Å². The van der Waals surface area contributed by atoms with E-state index in [0.717, 1.165) is 39.6 Å². The zero-order valence-corrected chi connectivity index (χ0v) is 17.9. The lowest BCUT2D eigenvalue weighted by Crippen LogP contribution is -2.23. The fourth-order valence-electron chi connectivity index (χ4n) is 3.58. The summed E-state index contributed by atoms with van der Waals surface area (Å²) in [7, 11) is 0. The Labute approximate surface area is 181 Å². The zero-order valence-electron chi connectivity index (χ0n) is 17.9. The van der Waals surface area contributed by atoms with Crippen LogP contribution in [-0.4, -0.2) is 25.5 Å². The van der Waals surface area contributed by atoms with Crippen molar-refractivity contribution in [1.82, 2.24) is 24.9 Å². The van der Waals surface area contributed by atoms with E-state index in [1.165, 1.54) is 6.33 Å². The molecule has 158 valence electrons. The number of amides is 1. The van der Waals surface area contributed by atoms with Gasteiger partial charge in [-0.3, -0.25) is 4.79 Å². The number of fused-ring (bicyclic) bond motifs is 1. The van der Waals surface area contributed by atoms with Crippen LogP contribution in [0.2, 0.25) is 0 Å². The highest BCUT2D eigenvalue weighted by Gasteiger charge is 2.13. The van der Waals surface area contributed by atoms with Crippen LogP contribution in [0.1, 0.15) is 34.5 Å². The van der Waals surface area contributed by atoms with Crippen LogP contribution in [0, 0.1) is 20.8 Å². The molecule has 0 radical (unpaired) electrons. The number of aromatic nitrogens is 4. The van der Waals surface area contributed by atoms with E-state index in [9.17, 15) is 4.79 Å². The van der Waals surface area contributed by atoms with Gasteiger partial charge in [0.2, 0.25) is 5.91 Å². The van der Waals surface area contributed by atoms with Crippen LogP contribution >= 0.6 is 0 Å². The van der Waals surface area contributed by atoms with Crippen molar-refractivity contribution in [3.05, 3.63) is 82.9 Å².